The van der Waals surface area contributed by atoms with Crippen LogP contribution in [0.3, 0.4) is 0 Å². The first kappa shape index (κ1) is 23.1. The summed E-state index contributed by atoms with van der Waals surface area (Å²) in [7, 11) is 1.47. The number of nitrogens with zero attached hydrogens (tertiary/aromatic N) is 1. The number of amides is 2. The van der Waals surface area contributed by atoms with E-state index in [0.717, 1.165) is 22.6 Å². The van der Waals surface area contributed by atoms with E-state index in [9.17, 15) is 14.0 Å². The number of ether oxygens (including phenoxy) is 1. The molecule has 1 heterocycles. The minimum absolute atomic E-state index is 0.225. The van der Waals surface area contributed by atoms with Crippen LogP contribution in [0.2, 0.25) is 0 Å². The van der Waals surface area contributed by atoms with E-state index in [0.29, 0.717) is 23.5 Å². The first-order chi connectivity index (χ1) is 17.5. The summed E-state index contributed by atoms with van der Waals surface area (Å²) in [6.07, 6.45) is 0. The number of fused-ring (bicyclic) bond motifs is 2. The van der Waals surface area contributed by atoms with Crippen molar-refractivity contribution in [3.63, 3.8) is 0 Å². The number of halogens is 1. The Hall–Kier alpha value is -4.65. The number of hydrogen-bond acceptors (Lipinski definition) is 4. The maximum atomic E-state index is 13.9. The van der Waals surface area contributed by atoms with E-state index < -0.39 is 11.7 Å². The fraction of sp³-hybridized carbons (Fsp3) is 0.103. The molecule has 0 bridgehead atoms. The predicted octanol–water partition coefficient (Wildman–Crippen LogP) is 6.30. The van der Waals surface area contributed by atoms with Crippen molar-refractivity contribution >= 4 is 34.6 Å². The maximum absolute atomic E-state index is 13.9. The molecule has 2 N–H and O–H groups in total. The minimum atomic E-state index is -0.467. The monoisotopic (exact) mass is 481 g/mol. The summed E-state index contributed by atoms with van der Waals surface area (Å²) in [4.78, 5) is 28.4. The van der Waals surface area contributed by atoms with Gasteiger partial charge in [-0.25, -0.2) is 4.39 Å². The Balaban J connectivity index is 1.51. The van der Waals surface area contributed by atoms with Crippen molar-refractivity contribution in [2.45, 2.75) is 13.5 Å². The normalized spacial score (nSPS) is 12.0. The van der Waals surface area contributed by atoms with Gasteiger partial charge < -0.3 is 15.4 Å². The van der Waals surface area contributed by atoms with Gasteiger partial charge in [0.05, 0.1) is 29.9 Å². The van der Waals surface area contributed by atoms with Gasteiger partial charge in [-0.2, -0.15) is 0 Å². The lowest BCUT2D eigenvalue weighted by molar-refractivity contribution is 0.0997. The molecule has 0 spiro atoms. The molecule has 180 valence electrons. The number of hydrogen-bond donors (Lipinski definition) is 2. The molecule has 36 heavy (non-hydrogen) atoms. The minimum Gasteiger partial charge on any atom is -0.495 e. The summed E-state index contributed by atoms with van der Waals surface area (Å²) in [5.74, 6) is -0.845. The number of para-hydroxylation sites is 3. The van der Waals surface area contributed by atoms with Gasteiger partial charge in [-0.3, -0.25) is 14.5 Å². The van der Waals surface area contributed by atoms with Gasteiger partial charge >= 0.3 is 0 Å². The van der Waals surface area contributed by atoms with Gasteiger partial charge in [0.15, 0.2) is 0 Å². The molecule has 1 aliphatic rings. The molecule has 2 amide bonds. The van der Waals surface area contributed by atoms with Crippen LogP contribution in [-0.4, -0.2) is 18.9 Å². The van der Waals surface area contributed by atoms with E-state index in [1.807, 2.05) is 48.5 Å². The number of anilines is 4. The average molecular weight is 482 g/mol. The van der Waals surface area contributed by atoms with E-state index in [1.54, 1.807) is 36.1 Å². The molecule has 0 radical (unpaired) electrons. The van der Waals surface area contributed by atoms with Gasteiger partial charge in [0, 0.05) is 17.7 Å². The fourth-order valence-electron chi connectivity index (χ4n) is 4.34. The summed E-state index contributed by atoms with van der Waals surface area (Å²) >= 11 is 0. The molecule has 0 aromatic heterocycles. The average Bonchev–Trinajstić information content (AvgIpc) is 3.07. The van der Waals surface area contributed by atoms with Crippen LogP contribution >= 0.6 is 0 Å². The third-order valence-electron chi connectivity index (χ3n) is 6.26. The van der Waals surface area contributed by atoms with E-state index in [2.05, 4.69) is 10.6 Å². The number of rotatable bonds is 4. The summed E-state index contributed by atoms with van der Waals surface area (Å²) in [6, 6.07) is 24.6. The smallest absolute Gasteiger partial charge is 0.263 e. The Morgan fingerprint density at radius 2 is 1.69 bits per heavy atom. The largest absolute Gasteiger partial charge is 0.495 e. The molecule has 6 nitrogen and oxygen atoms in total. The second-order valence-electron chi connectivity index (χ2n) is 8.42. The van der Waals surface area contributed by atoms with Crippen molar-refractivity contribution in [2.75, 3.05) is 22.6 Å². The molecule has 5 rings (SSSR count). The molecule has 1 aliphatic heterocycles. The van der Waals surface area contributed by atoms with E-state index in [4.69, 9.17) is 4.74 Å². The molecule has 0 saturated carbocycles. The highest BCUT2D eigenvalue weighted by Gasteiger charge is 2.27. The molecule has 0 unspecified atom stereocenters. The Morgan fingerprint density at radius 3 is 2.50 bits per heavy atom. The van der Waals surface area contributed by atoms with Gasteiger partial charge in [-0.15, -0.1) is 0 Å². The first-order valence-corrected chi connectivity index (χ1v) is 11.5. The van der Waals surface area contributed by atoms with Crippen molar-refractivity contribution < 1.29 is 18.7 Å². The second kappa shape index (κ2) is 9.54. The van der Waals surface area contributed by atoms with Crippen molar-refractivity contribution in [3.05, 3.63) is 113 Å². The van der Waals surface area contributed by atoms with Crippen LogP contribution in [0, 0.1) is 12.7 Å². The van der Waals surface area contributed by atoms with Crippen LogP contribution in [-0.2, 0) is 6.54 Å². The molecule has 0 fully saturated rings. The van der Waals surface area contributed by atoms with Crippen molar-refractivity contribution in [1.82, 2.24) is 0 Å². The lowest BCUT2D eigenvalue weighted by Crippen LogP contribution is -2.26. The zero-order valence-corrected chi connectivity index (χ0v) is 19.8. The molecule has 0 saturated heterocycles. The van der Waals surface area contributed by atoms with Gasteiger partial charge in [-0.05, 0) is 66.6 Å². The molecule has 0 atom stereocenters. The molecule has 7 heteroatoms. The van der Waals surface area contributed by atoms with Crippen LogP contribution in [0.4, 0.5) is 27.1 Å². The fourth-order valence-corrected chi connectivity index (χ4v) is 4.34. The number of methoxy groups -OCH3 is 1. The van der Waals surface area contributed by atoms with E-state index in [1.165, 1.54) is 19.2 Å². The molecule has 4 aromatic carbocycles. The standard InChI is InChI=1S/C29H24FN3O3/c1-18-21(9-7-10-22(18)30)28(34)32-24-15-14-19(16-27(24)36-2)29(35)33-25-12-5-3-8-20(25)17-31-23-11-4-6-13-26(23)33/h3-16,31H,17H2,1-2H3,(H,32,34). The molecule has 4 aromatic rings. The Bertz CT molecular complexity index is 1440. The van der Waals surface area contributed by atoms with Crippen LogP contribution < -0.4 is 20.3 Å². The Morgan fingerprint density at radius 1 is 0.944 bits per heavy atom. The Labute approximate surface area is 208 Å². The van der Waals surface area contributed by atoms with Crippen molar-refractivity contribution in [1.29, 1.82) is 0 Å². The van der Waals surface area contributed by atoms with E-state index in [-0.39, 0.29) is 17.0 Å². The topological polar surface area (TPSA) is 70.7 Å². The van der Waals surface area contributed by atoms with E-state index >= 15 is 0 Å². The molecular formula is C29H24FN3O3. The van der Waals surface area contributed by atoms with Gasteiger partial charge in [-0.1, -0.05) is 36.4 Å². The summed E-state index contributed by atoms with van der Waals surface area (Å²) in [5.41, 5.74) is 4.62. The number of benzene rings is 4. The van der Waals surface area contributed by atoms with Crippen molar-refractivity contribution in [2.24, 2.45) is 0 Å². The highest BCUT2D eigenvalue weighted by atomic mass is 19.1. The number of carbonyl (C=O) groups excluding carboxylic acids is 2. The third-order valence-corrected chi connectivity index (χ3v) is 6.26. The lowest BCUT2D eigenvalue weighted by atomic mass is 10.1. The number of nitrogens with one attached hydrogen (secondary N) is 2. The number of carbonyl (C=O) groups is 2. The van der Waals surface area contributed by atoms with Crippen molar-refractivity contribution in [3.8, 4) is 5.75 Å². The second-order valence-corrected chi connectivity index (χ2v) is 8.42. The highest BCUT2D eigenvalue weighted by Crippen LogP contribution is 2.39. The summed E-state index contributed by atoms with van der Waals surface area (Å²) in [6.45, 7) is 2.14. The lowest BCUT2D eigenvalue weighted by Gasteiger charge is -2.25. The molecule has 0 aliphatic carbocycles. The zero-order valence-electron chi connectivity index (χ0n) is 19.8. The quantitative estimate of drug-likeness (QED) is 0.359. The molecular weight excluding hydrogens is 457 g/mol. The van der Waals surface area contributed by atoms with Crippen LogP contribution in [0.1, 0.15) is 31.8 Å². The summed E-state index contributed by atoms with van der Waals surface area (Å²) < 4.78 is 19.4. The SMILES string of the molecule is COc1cc(C(=O)N2c3ccccc3CNc3ccccc32)ccc1NC(=O)c1cccc(F)c1C. The summed E-state index contributed by atoms with van der Waals surface area (Å²) in [5, 5.41) is 6.17. The van der Waals surface area contributed by atoms with Gasteiger partial charge in [0.25, 0.3) is 11.8 Å². The Kier molecular flexibility index (Phi) is 6.12. The van der Waals surface area contributed by atoms with Gasteiger partial charge in [0.1, 0.15) is 11.6 Å². The van der Waals surface area contributed by atoms with Crippen LogP contribution in [0.5, 0.6) is 5.75 Å². The maximum Gasteiger partial charge on any atom is 0.263 e. The first-order valence-electron chi connectivity index (χ1n) is 11.5. The zero-order chi connectivity index (χ0) is 25.2. The highest BCUT2D eigenvalue weighted by molar-refractivity contribution is 6.14. The van der Waals surface area contributed by atoms with Crippen LogP contribution in [0.25, 0.3) is 0 Å². The predicted molar refractivity (Wildman–Crippen MR) is 139 cm³/mol. The third kappa shape index (κ3) is 4.15. The van der Waals surface area contributed by atoms with Gasteiger partial charge in [0.2, 0.25) is 0 Å². The van der Waals surface area contributed by atoms with Crippen LogP contribution in [0.15, 0.2) is 84.9 Å².